The number of halogens is 1. The molecule has 2 nitrogen and oxygen atoms in total. The molecule has 0 radical (unpaired) electrons. The number of ether oxygens (including phenoxy) is 1. The maximum atomic E-state index is 10.0. The fraction of sp³-hybridized carbons (Fsp3) is 1.00. The molecule has 0 aliphatic heterocycles. The molecule has 1 N–H and O–H groups in total. The van der Waals surface area contributed by atoms with Crippen LogP contribution in [0.25, 0.3) is 0 Å². The average molecular weight is 237 g/mol. The van der Waals surface area contributed by atoms with Gasteiger partial charge in [0.15, 0.2) is 0 Å². The van der Waals surface area contributed by atoms with Gasteiger partial charge in [0.25, 0.3) is 0 Å². The molecule has 0 heterocycles. The third kappa shape index (κ3) is 3.61. The van der Waals surface area contributed by atoms with Gasteiger partial charge in [-0.2, -0.15) is 0 Å². The van der Waals surface area contributed by atoms with Crippen molar-refractivity contribution in [3.63, 3.8) is 0 Å². The van der Waals surface area contributed by atoms with Crippen molar-refractivity contribution >= 4 is 11.6 Å². The first kappa shape index (κ1) is 15.2. The zero-order valence-corrected chi connectivity index (χ0v) is 12.0. The van der Waals surface area contributed by atoms with Gasteiger partial charge in [0, 0.05) is 0 Å². The standard InChI is InChI=1S/C12H25ClO2/c1-9(2,13)11(5,6)15-12(7,8)10(3,4)14/h14H,1-8H3. The molecule has 92 valence electrons. The van der Waals surface area contributed by atoms with Crippen LogP contribution in [0.4, 0.5) is 0 Å². The highest BCUT2D eigenvalue weighted by molar-refractivity contribution is 6.24. The zero-order chi connectivity index (χ0) is 12.7. The van der Waals surface area contributed by atoms with E-state index in [1.54, 1.807) is 13.8 Å². The molecule has 0 aliphatic rings. The molecule has 0 amide bonds. The molecule has 0 unspecified atom stereocenters. The molecular formula is C12H25ClO2. The van der Waals surface area contributed by atoms with Crippen LogP contribution in [0, 0.1) is 0 Å². The zero-order valence-electron chi connectivity index (χ0n) is 11.2. The molecule has 0 aromatic carbocycles. The van der Waals surface area contributed by atoms with E-state index in [2.05, 4.69) is 0 Å². The van der Waals surface area contributed by atoms with Crippen molar-refractivity contribution in [2.24, 2.45) is 0 Å². The summed E-state index contributed by atoms with van der Waals surface area (Å²) in [6.45, 7) is 14.9. The summed E-state index contributed by atoms with van der Waals surface area (Å²) in [6, 6.07) is 0. The molecule has 0 atom stereocenters. The van der Waals surface area contributed by atoms with Crippen LogP contribution in [0.15, 0.2) is 0 Å². The summed E-state index contributed by atoms with van der Waals surface area (Å²) in [5, 5.41) is 10.0. The van der Waals surface area contributed by atoms with E-state index in [9.17, 15) is 5.11 Å². The first-order chi connectivity index (χ1) is 6.21. The van der Waals surface area contributed by atoms with Crippen molar-refractivity contribution < 1.29 is 9.84 Å². The SMILES string of the molecule is CC(C)(O)C(C)(C)OC(C)(C)C(C)(C)Cl. The molecular weight excluding hydrogens is 212 g/mol. The van der Waals surface area contributed by atoms with Crippen molar-refractivity contribution in [3.05, 3.63) is 0 Å². The lowest BCUT2D eigenvalue weighted by molar-refractivity contribution is -0.211. The molecule has 0 fully saturated rings. The van der Waals surface area contributed by atoms with Crippen LogP contribution in [0.3, 0.4) is 0 Å². The van der Waals surface area contributed by atoms with E-state index >= 15 is 0 Å². The second-order valence-electron chi connectivity index (χ2n) is 6.15. The van der Waals surface area contributed by atoms with Crippen molar-refractivity contribution in [3.8, 4) is 0 Å². The Morgan fingerprint density at radius 1 is 0.800 bits per heavy atom. The normalized spacial score (nSPS) is 15.6. The van der Waals surface area contributed by atoms with E-state index in [0.717, 1.165) is 0 Å². The van der Waals surface area contributed by atoms with Gasteiger partial charge in [-0.15, -0.1) is 11.6 Å². The predicted octanol–water partition coefficient (Wildman–Crippen LogP) is 3.35. The van der Waals surface area contributed by atoms with Crippen molar-refractivity contribution in [2.45, 2.75) is 77.1 Å². The van der Waals surface area contributed by atoms with Gasteiger partial charge in [0.2, 0.25) is 0 Å². The molecule has 15 heavy (non-hydrogen) atoms. The molecule has 0 aliphatic carbocycles. The maximum absolute atomic E-state index is 10.0. The van der Waals surface area contributed by atoms with E-state index < -0.39 is 21.7 Å². The van der Waals surface area contributed by atoms with Crippen LogP contribution in [0.2, 0.25) is 0 Å². The lowest BCUT2D eigenvalue weighted by Crippen LogP contribution is -2.56. The molecule has 0 rings (SSSR count). The summed E-state index contributed by atoms with van der Waals surface area (Å²) in [7, 11) is 0. The van der Waals surface area contributed by atoms with Crippen molar-refractivity contribution in [2.75, 3.05) is 0 Å². The van der Waals surface area contributed by atoms with Crippen LogP contribution >= 0.6 is 11.6 Å². The molecule has 0 bridgehead atoms. The maximum Gasteiger partial charge on any atom is 0.0914 e. The van der Waals surface area contributed by atoms with E-state index in [1.807, 2.05) is 41.5 Å². The highest BCUT2D eigenvalue weighted by Crippen LogP contribution is 2.38. The van der Waals surface area contributed by atoms with Crippen molar-refractivity contribution in [1.29, 1.82) is 0 Å². The summed E-state index contributed by atoms with van der Waals surface area (Å²) in [5.41, 5.74) is -2.08. The highest BCUT2D eigenvalue weighted by atomic mass is 35.5. The van der Waals surface area contributed by atoms with Crippen LogP contribution in [-0.4, -0.2) is 26.8 Å². The van der Waals surface area contributed by atoms with Crippen LogP contribution in [0.1, 0.15) is 55.4 Å². The van der Waals surface area contributed by atoms with Gasteiger partial charge >= 0.3 is 0 Å². The molecule has 3 heteroatoms. The van der Waals surface area contributed by atoms with Crippen LogP contribution < -0.4 is 0 Å². The minimum Gasteiger partial charge on any atom is -0.387 e. The topological polar surface area (TPSA) is 29.5 Å². The summed E-state index contributed by atoms with van der Waals surface area (Å²) >= 11 is 6.27. The Morgan fingerprint density at radius 3 is 1.33 bits per heavy atom. The summed E-state index contributed by atoms with van der Waals surface area (Å²) < 4.78 is 5.97. The smallest absolute Gasteiger partial charge is 0.0914 e. The second-order valence-corrected chi connectivity index (χ2v) is 7.10. The van der Waals surface area contributed by atoms with Gasteiger partial charge in [0.1, 0.15) is 0 Å². The van der Waals surface area contributed by atoms with E-state index in [-0.39, 0.29) is 0 Å². The lowest BCUT2D eigenvalue weighted by atomic mass is 9.86. The van der Waals surface area contributed by atoms with Gasteiger partial charge in [-0.1, -0.05) is 0 Å². The number of alkyl halides is 1. The molecule has 0 spiro atoms. The Bertz CT molecular complexity index is 195. The van der Waals surface area contributed by atoms with Gasteiger partial charge in [-0.05, 0) is 55.4 Å². The van der Waals surface area contributed by atoms with Gasteiger partial charge in [0.05, 0.1) is 21.7 Å². The predicted molar refractivity (Wildman–Crippen MR) is 65.5 cm³/mol. The van der Waals surface area contributed by atoms with Crippen LogP contribution in [-0.2, 0) is 4.74 Å². The minimum atomic E-state index is -0.910. The first-order valence-electron chi connectivity index (χ1n) is 5.32. The van der Waals surface area contributed by atoms with E-state index in [0.29, 0.717) is 0 Å². The first-order valence-corrected chi connectivity index (χ1v) is 5.70. The third-order valence-electron chi connectivity index (χ3n) is 3.42. The summed E-state index contributed by atoms with van der Waals surface area (Å²) in [6.07, 6.45) is 0. The number of aliphatic hydroxyl groups is 1. The Hall–Kier alpha value is 0.210. The fourth-order valence-electron chi connectivity index (χ4n) is 0.884. The van der Waals surface area contributed by atoms with Crippen LogP contribution in [0.5, 0.6) is 0 Å². The Kier molecular flexibility index (Phi) is 3.96. The van der Waals surface area contributed by atoms with Gasteiger partial charge in [-0.3, -0.25) is 0 Å². The molecule has 0 aromatic rings. The van der Waals surface area contributed by atoms with E-state index in [1.165, 1.54) is 0 Å². The fourth-order valence-corrected chi connectivity index (χ4v) is 0.923. The Labute approximate surface area is 99.0 Å². The van der Waals surface area contributed by atoms with Crippen molar-refractivity contribution in [1.82, 2.24) is 0 Å². The summed E-state index contributed by atoms with van der Waals surface area (Å²) in [4.78, 5) is -0.491. The summed E-state index contributed by atoms with van der Waals surface area (Å²) in [5.74, 6) is 0. The second kappa shape index (κ2) is 3.90. The third-order valence-corrected chi connectivity index (χ3v) is 3.87. The molecule has 0 saturated heterocycles. The van der Waals surface area contributed by atoms with Gasteiger partial charge < -0.3 is 9.84 Å². The Balaban J connectivity index is 4.89. The number of hydrogen-bond donors (Lipinski definition) is 1. The molecule has 0 aromatic heterocycles. The average Bonchev–Trinajstić information content (AvgIpc) is 1.77. The Morgan fingerprint density at radius 2 is 1.13 bits per heavy atom. The molecule has 0 saturated carbocycles. The van der Waals surface area contributed by atoms with E-state index in [4.69, 9.17) is 16.3 Å². The highest BCUT2D eigenvalue weighted by Gasteiger charge is 2.45. The number of rotatable bonds is 4. The lowest BCUT2D eigenvalue weighted by Gasteiger charge is -2.47. The monoisotopic (exact) mass is 236 g/mol. The minimum absolute atomic E-state index is 0.491. The largest absolute Gasteiger partial charge is 0.387 e. The number of hydrogen-bond acceptors (Lipinski definition) is 2. The van der Waals surface area contributed by atoms with Gasteiger partial charge in [-0.25, -0.2) is 0 Å². The quantitative estimate of drug-likeness (QED) is 0.759.